The van der Waals surface area contributed by atoms with E-state index in [0.29, 0.717) is 36.9 Å². The maximum Gasteiger partial charge on any atom is 0.150 e. The molecule has 4 aromatic carbocycles. The SMILES string of the molecule is O[C@H]1Cc2c(OCc3ccccc3)cc(OCc3ccccc3)cc2O[C@@H]1c1ccc(Br)cc1. The zero-order valence-corrected chi connectivity index (χ0v) is 20.1. The smallest absolute Gasteiger partial charge is 0.150 e. The quantitative estimate of drug-likeness (QED) is 0.299. The molecule has 0 fully saturated rings. The molecule has 0 aromatic heterocycles. The molecule has 4 aromatic rings. The molecule has 4 nitrogen and oxygen atoms in total. The molecule has 0 saturated heterocycles. The van der Waals surface area contributed by atoms with Crippen molar-refractivity contribution in [2.24, 2.45) is 0 Å². The first-order chi connectivity index (χ1) is 16.7. The average Bonchev–Trinajstić information content (AvgIpc) is 2.88. The second-order valence-corrected chi connectivity index (χ2v) is 9.22. The summed E-state index contributed by atoms with van der Waals surface area (Å²) < 4.78 is 19.6. The van der Waals surface area contributed by atoms with Gasteiger partial charge >= 0.3 is 0 Å². The Morgan fingerprint density at radius 1 is 0.794 bits per heavy atom. The highest BCUT2D eigenvalue weighted by molar-refractivity contribution is 9.10. The Morgan fingerprint density at radius 2 is 1.41 bits per heavy atom. The highest BCUT2D eigenvalue weighted by Gasteiger charge is 2.32. The molecule has 0 spiro atoms. The van der Waals surface area contributed by atoms with Crippen LogP contribution >= 0.6 is 15.9 Å². The lowest BCUT2D eigenvalue weighted by atomic mass is 9.94. The van der Waals surface area contributed by atoms with Crippen LogP contribution in [0.1, 0.15) is 28.4 Å². The molecule has 0 saturated carbocycles. The number of hydrogen-bond acceptors (Lipinski definition) is 4. The molecule has 1 aliphatic rings. The number of rotatable bonds is 7. The lowest BCUT2D eigenvalue weighted by Crippen LogP contribution is -2.30. The van der Waals surface area contributed by atoms with Crippen LogP contribution in [0.4, 0.5) is 0 Å². The molecule has 5 rings (SSSR count). The van der Waals surface area contributed by atoms with Crippen molar-refractivity contribution in [3.8, 4) is 17.2 Å². The van der Waals surface area contributed by atoms with Gasteiger partial charge in [0, 0.05) is 28.6 Å². The molecule has 0 radical (unpaired) electrons. The van der Waals surface area contributed by atoms with Crippen LogP contribution in [-0.2, 0) is 19.6 Å². The van der Waals surface area contributed by atoms with Gasteiger partial charge in [-0.05, 0) is 28.8 Å². The normalized spacial score (nSPS) is 16.9. The second kappa shape index (κ2) is 10.3. The fraction of sp³-hybridized carbons (Fsp3) is 0.172. The maximum atomic E-state index is 10.9. The van der Waals surface area contributed by atoms with E-state index in [9.17, 15) is 5.11 Å². The van der Waals surface area contributed by atoms with Crippen LogP contribution in [0.5, 0.6) is 17.2 Å². The number of aliphatic hydroxyl groups excluding tert-OH is 1. The van der Waals surface area contributed by atoms with Gasteiger partial charge in [-0.2, -0.15) is 0 Å². The van der Waals surface area contributed by atoms with Crippen molar-refractivity contribution in [2.45, 2.75) is 31.8 Å². The summed E-state index contributed by atoms with van der Waals surface area (Å²) in [5.41, 5.74) is 3.92. The fourth-order valence-corrected chi connectivity index (χ4v) is 4.33. The van der Waals surface area contributed by atoms with Gasteiger partial charge in [0.05, 0.1) is 6.10 Å². The minimum atomic E-state index is -0.691. The van der Waals surface area contributed by atoms with E-state index in [1.165, 1.54) is 0 Å². The van der Waals surface area contributed by atoms with Crippen molar-refractivity contribution in [2.75, 3.05) is 0 Å². The predicted molar refractivity (Wildman–Crippen MR) is 135 cm³/mol. The van der Waals surface area contributed by atoms with Gasteiger partial charge in [0.15, 0.2) is 0 Å². The highest BCUT2D eigenvalue weighted by atomic mass is 79.9. The van der Waals surface area contributed by atoms with Crippen molar-refractivity contribution in [3.63, 3.8) is 0 Å². The number of halogens is 1. The minimum absolute atomic E-state index is 0.418. The van der Waals surface area contributed by atoms with E-state index in [1.807, 2.05) is 97.1 Å². The fourth-order valence-electron chi connectivity index (χ4n) is 4.06. The van der Waals surface area contributed by atoms with Gasteiger partial charge in [-0.1, -0.05) is 88.7 Å². The molecule has 172 valence electrons. The third-order valence-electron chi connectivity index (χ3n) is 5.84. The first-order valence-corrected chi connectivity index (χ1v) is 12.1. The van der Waals surface area contributed by atoms with Gasteiger partial charge in [0.25, 0.3) is 0 Å². The Hall–Kier alpha value is -3.28. The standard InChI is InChI=1S/C29H25BrO4/c30-23-13-11-22(12-14-23)29-26(31)17-25-27(33-19-21-9-5-2-6-10-21)15-24(16-28(25)34-29)32-18-20-7-3-1-4-8-20/h1-16,26,29,31H,17-19H2/t26-,29+/m0/s1. The Morgan fingerprint density at radius 3 is 2.06 bits per heavy atom. The summed E-state index contributed by atoms with van der Waals surface area (Å²) in [5, 5.41) is 10.9. The van der Waals surface area contributed by atoms with Crippen molar-refractivity contribution in [1.82, 2.24) is 0 Å². The number of fused-ring (bicyclic) bond motifs is 1. The molecular formula is C29H25BrO4. The molecule has 2 atom stereocenters. The Bertz CT molecular complexity index is 1230. The topological polar surface area (TPSA) is 47.9 Å². The minimum Gasteiger partial charge on any atom is -0.489 e. The van der Waals surface area contributed by atoms with Crippen molar-refractivity contribution in [3.05, 3.63) is 124 Å². The summed E-state index contributed by atoms with van der Waals surface area (Å²) in [5.74, 6) is 2.00. The summed E-state index contributed by atoms with van der Waals surface area (Å²) in [6, 6.07) is 31.7. The molecule has 0 aliphatic carbocycles. The van der Waals surface area contributed by atoms with E-state index in [-0.39, 0.29) is 0 Å². The van der Waals surface area contributed by atoms with Gasteiger partial charge in [-0.15, -0.1) is 0 Å². The van der Waals surface area contributed by atoms with E-state index in [1.54, 1.807) is 0 Å². The van der Waals surface area contributed by atoms with E-state index >= 15 is 0 Å². The zero-order valence-electron chi connectivity index (χ0n) is 18.6. The van der Waals surface area contributed by atoms with Crippen molar-refractivity contribution < 1.29 is 19.3 Å². The molecule has 5 heteroatoms. The number of hydrogen-bond donors (Lipinski definition) is 1. The maximum absolute atomic E-state index is 10.9. The lowest BCUT2D eigenvalue weighted by Gasteiger charge is -2.32. The van der Waals surface area contributed by atoms with Crippen molar-refractivity contribution in [1.29, 1.82) is 0 Å². The van der Waals surface area contributed by atoms with Crippen LogP contribution in [0.15, 0.2) is 102 Å². The summed E-state index contributed by atoms with van der Waals surface area (Å²) >= 11 is 3.47. The Balaban J connectivity index is 1.44. The highest BCUT2D eigenvalue weighted by Crippen LogP contribution is 2.43. The molecule has 0 bridgehead atoms. The Labute approximate surface area is 207 Å². The van der Waals surface area contributed by atoms with Gasteiger partial charge < -0.3 is 19.3 Å². The lowest BCUT2D eigenvalue weighted by molar-refractivity contribution is 0.0194. The third-order valence-corrected chi connectivity index (χ3v) is 6.37. The number of benzene rings is 4. The monoisotopic (exact) mass is 516 g/mol. The first kappa shape index (κ1) is 22.5. The summed E-state index contributed by atoms with van der Waals surface area (Å²) in [6.07, 6.45) is -0.727. The van der Waals surface area contributed by atoms with Gasteiger partial charge in [0.1, 0.15) is 36.6 Å². The van der Waals surface area contributed by atoms with Crippen LogP contribution in [0.3, 0.4) is 0 Å². The summed E-state index contributed by atoms with van der Waals surface area (Å²) in [6.45, 7) is 0.859. The van der Waals surface area contributed by atoms with Gasteiger partial charge in [-0.25, -0.2) is 0 Å². The number of ether oxygens (including phenoxy) is 3. The summed E-state index contributed by atoms with van der Waals surface area (Å²) in [4.78, 5) is 0. The summed E-state index contributed by atoms with van der Waals surface area (Å²) in [7, 11) is 0. The van der Waals surface area contributed by atoms with E-state index in [2.05, 4.69) is 15.9 Å². The first-order valence-electron chi connectivity index (χ1n) is 11.3. The van der Waals surface area contributed by atoms with Gasteiger partial charge in [0.2, 0.25) is 0 Å². The molecule has 0 unspecified atom stereocenters. The van der Waals surface area contributed by atoms with E-state index in [4.69, 9.17) is 14.2 Å². The molecule has 1 N–H and O–H groups in total. The van der Waals surface area contributed by atoms with E-state index in [0.717, 1.165) is 26.7 Å². The molecular weight excluding hydrogens is 492 g/mol. The third kappa shape index (κ3) is 5.27. The van der Waals surface area contributed by atoms with Crippen LogP contribution in [0, 0.1) is 0 Å². The second-order valence-electron chi connectivity index (χ2n) is 8.31. The average molecular weight is 517 g/mol. The van der Waals surface area contributed by atoms with Crippen LogP contribution in [0.25, 0.3) is 0 Å². The molecule has 1 aliphatic heterocycles. The zero-order chi connectivity index (χ0) is 23.3. The van der Waals surface area contributed by atoms with Crippen molar-refractivity contribution >= 4 is 15.9 Å². The Kier molecular flexibility index (Phi) is 6.84. The van der Waals surface area contributed by atoms with Crippen LogP contribution in [-0.4, -0.2) is 11.2 Å². The van der Waals surface area contributed by atoms with Gasteiger partial charge in [-0.3, -0.25) is 0 Å². The van der Waals surface area contributed by atoms with Crippen LogP contribution in [0.2, 0.25) is 0 Å². The molecule has 1 heterocycles. The largest absolute Gasteiger partial charge is 0.489 e. The molecule has 34 heavy (non-hydrogen) atoms. The molecule has 0 amide bonds. The predicted octanol–water partition coefficient (Wildman–Crippen LogP) is 6.64. The number of aliphatic hydroxyl groups is 1. The van der Waals surface area contributed by atoms with E-state index < -0.39 is 12.2 Å². The van der Waals surface area contributed by atoms with Crippen LogP contribution < -0.4 is 14.2 Å².